The van der Waals surface area contributed by atoms with E-state index in [1.807, 2.05) is 0 Å². The van der Waals surface area contributed by atoms with Gasteiger partial charge in [-0.25, -0.2) is 9.18 Å². The molecule has 5 nitrogen and oxygen atoms in total. The Kier molecular flexibility index (Phi) is 4.17. The minimum Gasteiger partial charge on any atom is -0.492 e. The van der Waals surface area contributed by atoms with Gasteiger partial charge in [0.1, 0.15) is 5.75 Å². The minimum absolute atomic E-state index is 0.145. The van der Waals surface area contributed by atoms with Gasteiger partial charge in [0.15, 0.2) is 17.3 Å². The molecule has 28 heavy (non-hydrogen) atoms. The zero-order chi connectivity index (χ0) is 20.1. The number of ether oxygens (including phenoxy) is 1. The maximum Gasteiger partial charge on any atom is 0.419 e. The third-order valence-electron chi connectivity index (χ3n) is 4.65. The van der Waals surface area contributed by atoms with Crippen LogP contribution in [0.1, 0.15) is 34.8 Å². The van der Waals surface area contributed by atoms with E-state index in [0.717, 1.165) is 23.3 Å². The summed E-state index contributed by atoms with van der Waals surface area (Å²) in [4.78, 5) is 13.4. The summed E-state index contributed by atoms with van der Waals surface area (Å²) in [6.07, 6.45) is -3.45. The number of benzene rings is 2. The quantitative estimate of drug-likeness (QED) is 0.631. The normalized spacial score (nSPS) is 16.2. The lowest BCUT2D eigenvalue weighted by Gasteiger charge is -2.12. The number of H-pyrrole nitrogens is 1. The van der Waals surface area contributed by atoms with Crippen molar-refractivity contribution in [2.75, 3.05) is 0 Å². The molecule has 1 aliphatic rings. The molecule has 2 aromatic carbocycles. The van der Waals surface area contributed by atoms with Crippen LogP contribution in [0.4, 0.5) is 17.6 Å². The number of aryl methyl sites for hydroxylation is 1. The van der Waals surface area contributed by atoms with E-state index in [2.05, 4.69) is 4.98 Å². The van der Waals surface area contributed by atoms with Crippen LogP contribution in [-0.4, -0.2) is 10.1 Å². The van der Waals surface area contributed by atoms with E-state index in [-0.39, 0.29) is 29.1 Å². The highest BCUT2D eigenvalue weighted by atomic mass is 19.4. The van der Waals surface area contributed by atoms with Crippen LogP contribution in [-0.2, 0) is 12.6 Å². The van der Waals surface area contributed by atoms with Gasteiger partial charge in [0, 0.05) is 5.92 Å². The van der Waals surface area contributed by atoms with Gasteiger partial charge in [0.25, 0.3) is 0 Å². The van der Waals surface area contributed by atoms with Crippen molar-refractivity contribution < 1.29 is 31.8 Å². The second-order valence-electron chi connectivity index (χ2n) is 6.42. The molecule has 0 saturated heterocycles. The van der Waals surface area contributed by atoms with E-state index in [0.29, 0.717) is 18.9 Å². The first-order chi connectivity index (χ1) is 13.2. The van der Waals surface area contributed by atoms with Crippen LogP contribution in [0.25, 0.3) is 0 Å². The summed E-state index contributed by atoms with van der Waals surface area (Å²) in [5.41, 5.74) is 0.568. The summed E-state index contributed by atoms with van der Waals surface area (Å²) in [7, 11) is 0. The van der Waals surface area contributed by atoms with Crippen LogP contribution in [0.15, 0.2) is 45.6 Å². The molecule has 0 aliphatic heterocycles. The SMILES string of the molecule is O=c1[nH]c(O)c([C@@H]2CCc3cc(Oc4ccc(C(F)(F)F)cc4F)ccc32)o1. The Balaban J connectivity index is 1.59. The second kappa shape index (κ2) is 6.43. The van der Waals surface area contributed by atoms with Crippen molar-refractivity contribution in [2.24, 2.45) is 0 Å². The molecule has 146 valence electrons. The van der Waals surface area contributed by atoms with Crippen LogP contribution in [0.5, 0.6) is 17.4 Å². The van der Waals surface area contributed by atoms with Crippen LogP contribution >= 0.6 is 0 Å². The lowest BCUT2D eigenvalue weighted by Crippen LogP contribution is -2.05. The standard InChI is InChI=1S/C19H13F4NO4/c20-14-8-10(19(21,22)23)2-6-15(14)27-11-3-5-12-9(7-11)1-4-13(12)16-17(25)24-18(26)28-16/h2-3,5-8,13,25H,1,4H2,(H,24,26)/t13-/m1/s1. The van der Waals surface area contributed by atoms with Crippen LogP contribution in [0.2, 0.25) is 0 Å². The number of fused-ring (bicyclic) bond motifs is 1. The molecule has 0 saturated carbocycles. The largest absolute Gasteiger partial charge is 0.492 e. The number of hydrogen-bond donors (Lipinski definition) is 2. The lowest BCUT2D eigenvalue weighted by molar-refractivity contribution is -0.137. The van der Waals surface area contributed by atoms with Gasteiger partial charge in [-0.15, -0.1) is 0 Å². The minimum atomic E-state index is -4.64. The molecule has 0 amide bonds. The fourth-order valence-electron chi connectivity index (χ4n) is 3.38. The van der Waals surface area contributed by atoms with Crippen molar-refractivity contribution >= 4 is 0 Å². The number of aromatic hydroxyl groups is 1. The van der Waals surface area contributed by atoms with Crippen molar-refractivity contribution in [1.29, 1.82) is 0 Å². The number of aromatic amines is 1. The summed E-state index contributed by atoms with van der Waals surface area (Å²) in [5.74, 6) is -2.42. The van der Waals surface area contributed by atoms with Crippen LogP contribution in [0, 0.1) is 5.82 Å². The molecule has 1 atom stereocenters. The monoisotopic (exact) mass is 395 g/mol. The zero-order valence-electron chi connectivity index (χ0n) is 14.1. The third-order valence-corrected chi connectivity index (χ3v) is 4.65. The number of rotatable bonds is 3. The Labute approximate surface area is 155 Å². The Hall–Kier alpha value is -3.23. The average Bonchev–Trinajstić information content (AvgIpc) is 3.17. The lowest BCUT2D eigenvalue weighted by atomic mass is 9.99. The van der Waals surface area contributed by atoms with Gasteiger partial charge in [-0.2, -0.15) is 13.2 Å². The second-order valence-corrected chi connectivity index (χ2v) is 6.42. The fourth-order valence-corrected chi connectivity index (χ4v) is 3.38. The van der Waals surface area contributed by atoms with Gasteiger partial charge in [0.05, 0.1) is 5.56 Å². The highest BCUT2D eigenvalue weighted by Gasteiger charge is 2.32. The Morgan fingerprint density at radius 3 is 2.61 bits per heavy atom. The van der Waals surface area contributed by atoms with Gasteiger partial charge >= 0.3 is 11.9 Å². The molecule has 1 aliphatic carbocycles. The van der Waals surface area contributed by atoms with E-state index in [1.165, 1.54) is 6.07 Å². The number of nitrogens with one attached hydrogen (secondary N) is 1. The molecule has 2 N–H and O–H groups in total. The van der Waals surface area contributed by atoms with Crippen molar-refractivity contribution in [2.45, 2.75) is 24.9 Å². The summed E-state index contributed by atoms with van der Waals surface area (Å²) in [6.45, 7) is 0. The Morgan fingerprint density at radius 1 is 1.18 bits per heavy atom. The number of aromatic nitrogens is 1. The first kappa shape index (κ1) is 18.1. The summed E-state index contributed by atoms with van der Waals surface area (Å²) < 4.78 is 62.3. The molecule has 3 aromatic rings. The van der Waals surface area contributed by atoms with Crippen LogP contribution in [0.3, 0.4) is 0 Å². The molecule has 0 radical (unpaired) electrons. The molecule has 9 heteroatoms. The molecule has 0 spiro atoms. The Bertz CT molecular complexity index is 1100. The summed E-state index contributed by atoms with van der Waals surface area (Å²) >= 11 is 0. The molecule has 0 unspecified atom stereocenters. The van der Waals surface area contributed by atoms with Crippen LogP contribution < -0.4 is 10.5 Å². The fraction of sp³-hybridized carbons (Fsp3) is 0.211. The average molecular weight is 395 g/mol. The maximum atomic E-state index is 14.0. The topological polar surface area (TPSA) is 75.5 Å². The van der Waals surface area contributed by atoms with E-state index in [4.69, 9.17) is 9.15 Å². The van der Waals surface area contributed by atoms with E-state index in [9.17, 15) is 27.5 Å². The highest BCUT2D eigenvalue weighted by molar-refractivity contribution is 5.46. The number of halogens is 4. The van der Waals surface area contributed by atoms with E-state index >= 15 is 0 Å². The van der Waals surface area contributed by atoms with Gasteiger partial charge in [-0.3, -0.25) is 4.98 Å². The van der Waals surface area contributed by atoms with E-state index < -0.39 is 23.3 Å². The van der Waals surface area contributed by atoms with Crippen molar-refractivity contribution in [1.82, 2.24) is 4.98 Å². The molecule has 1 aromatic heterocycles. The predicted octanol–water partition coefficient (Wildman–Crippen LogP) is 4.70. The number of alkyl halides is 3. The summed E-state index contributed by atoms with van der Waals surface area (Å²) in [5, 5.41) is 9.78. The number of oxazole rings is 1. The first-order valence-electron chi connectivity index (χ1n) is 8.32. The smallest absolute Gasteiger partial charge is 0.419 e. The zero-order valence-corrected chi connectivity index (χ0v) is 14.1. The number of hydrogen-bond acceptors (Lipinski definition) is 4. The van der Waals surface area contributed by atoms with Gasteiger partial charge in [-0.05, 0) is 54.3 Å². The van der Waals surface area contributed by atoms with Gasteiger partial charge < -0.3 is 14.3 Å². The molecular formula is C19H13F4NO4. The van der Waals surface area contributed by atoms with Gasteiger partial charge in [-0.1, -0.05) is 6.07 Å². The van der Waals surface area contributed by atoms with E-state index in [1.54, 1.807) is 12.1 Å². The molecule has 0 bridgehead atoms. The maximum absolute atomic E-state index is 14.0. The first-order valence-corrected chi connectivity index (χ1v) is 8.32. The molecule has 4 rings (SSSR count). The van der Waals surface area contributed by atoms with Gasteiger partial charge in [0.2, 0.25) is 5.88 Å². The van der Waals surface area contributed by atoms with Crippen molar-refractivity contribution in [3.63, 3.8) is 0 Å². The Morgan fingerprint density at radius 2 is 1.96 bits per heavy atom. The van der Waals surface area contributed by atoms with Crippen molar-refractivity contribution in [3.8, 4) is 17.4 Å². The third kappa shape index (κ3) is 3.23. The van der Waals surface area contributed by atoms with Crippen molar-refractivity contribution in [3.05, 3.63) is 75.2 Å². The molecule has 0 fully saturated rings. The molecular weight excluding hydrogens is 382 g/mol. The highest BCUT2D eigenvalue weighted by Crippen LogP contribution is 2.42. The summed E-state index contributed by atoms with van der Waals surface area (Å²) in [6, 6.07) is 6.94. The molecule has 1 heterocycles. The predicted molar refractivity (Wildman–Crippen MR) is 89.1 cm³/mol.